The zero-order valence-corrected chi connectivity index (χ0v) is 4.61. The van der Waals surface area contributed by atoms with Crippen LogP contribution in [0.3, 0.4) is 0 Å². The summed E-state index contributed by atoms with van der Waals surface area (Å²) in [5, 5.41) is 0. The van der Waals surface area contributed by atoms with E-state index < -0.39 is 8.25 Å². The average molecular weight is 227 g/mol. The second-order valence-electron chi connectivity index (χ2n) is 0.283. The standard InChI is InChI=1S/Ca.Mg.Ni.H3O3P.H2O.4H/c;;;1-4(2)3;;;;;/h;;;4H,(H2,1,2,3);1H2;;;;. The van der Waals surface area contributed by atoms with Crippen molar-refractivity contribution in [3.8, 4) is 0 Å². The first-order valence-electron chi connectivity index (χ1n) is 0.651. The van der Waals surface area contributed by atoms with E-state index in [2.05, 4.69) is 0 Å². The molecule has 0 aliphatic carbocycles. The minimum Gasteiger partial charge on any atom is 0 e. The van der Waals surface area contributed by atoms with Gasteiger partial charge in [-0.3, -0.25) is 4.57 Å². The minimum absolute atomic E-state index is 0. The number of hydrogen-bond donors (Lipinski definition) is 2. The molecule has 52 valence electrons. The minimum atomic E-state index is -3.13. The monoisotopic (exact) mass is 226 g/mol. The summed E-state index contributed by atoms with van der Waals surface area (Å²) in [5.41, 5.74) is 0. The second-order valence-corrected chi connectivity index (χ2v) is 0.848. The molecule has 8 heavy (non-hydrogen) atoms. The first-order valence-corrected chi connectivity index (χ1v) is 1.95. The molecule has 4 N–H and O–H groups in total. The third-order valence-electron chi connectivity index (χ3n) is 0. The molecule has 0 aliphatic rings. The van der Waals surface area contributed by atoms with Crippen LogP contribution in [0.4, 0.5) is 0 Å². The molecule has 0 bridgehead atoms. The molecular formula is H9CaMgNiO4P. The second kappa shape index (κ2) is 22.6. The van der Waals surface area contributed by atoms with E-state index in [-0.39, 0.29) is 82.8 Å². The fourth-order valence-electron chi connectivity index (χ4n) is 0. The Morgan fingerprint density at radius 2 is 1.25 bits per heavy atom. The summed E-state index contributed by atoms with van der Waals surface area (Å²) in [7, 11) is -3.13. The topological polar surface area (TPSA) is 89.0 Å². The number of rotatable bonds is 0. The molecule has 0 unspecified atom stereocenters. The van der Waals surface area contributed by atoms with Gasteiger partial charge in [-0.25, -0.2) is 0 Å². The maximum absolute atomic E-state index is 8.74. The first kappa shape index (κ1) is 31.1. The fourth-order valence-corrected chi connectivity index (χ4v) is 0. The Kier molecular flexibility index (Phi) is 88.0. The smallest absolute Gasteiger partial charge is 0 e. The number of hydrogen-bond acceptors (Lipinski definition) is 1. The molecule has 0 aromatic rings. The van der Waals surface area contributed by atoms with Gasteiger partial charge in [0.2, 0.25) is 0 Å². The molecular weight excluding hydrogens is 218 g/mol. The van der Waals surface area contributed by atoms with Gasteiger partial charge in [-0.1, -0.05) is 0 Å². The normalized spacial score (nSPS) is 4.38. The van der Waals surface area contributed by atoms with Crippen molar-refractivity contribution < 1.29 is 36.3 Å². The molecule has 0 rings (SSSR count). The maximum atomic E-state index is 8.74. The van der Waals surface area contributed by atoms with Crippen molar-refractivity contribution in [3.05, 3.63) is 0 Å². The summed E-state index contributed by atoms with van der Waals surface area (Å²) in [5.74, 6) is 0. The van der Waals surface area contributed by atoms with E-state index in [4.69, 9.17) is 14.4 Å². The first-order chi connectivity index (χ1) is 1.73. The quantitative estimate of drug-likeness (QED) is 0.335. The van der Waals surface area contributed by atoms with Crippen LogP contribution in [0.5, 0.6) is 0 Å². The predicted molar refractivity (Wildman–Crippen MR) is 34.1 cm³/mol. The van der Waals surface area contributed by atoms with E-state index in [1.165, 1.54) is 0 Å². The van der Waals surface area contributed by atoms with Crippen LogP contribution in [0, 0.1) is 0 Å². The van der Waals surface area contributed by atoms with Gasteiger partial charge in [0.1, 0.15) is 0 Å². The van der Waals surface area contributed by atoms with Crippen LogP contribution in [-0.2, 0) is 21.1 Å². The molecule has 0 saturated carbocycles. The average Bonchev–Trinajstić information content (AvgIpc) is 0.811. The van der Waals surface area contributed by atoms with Crippen LogP contribution < -0.4 is 0 Å². The van der Waals surface area contributed by atoms with Crippen molar-refractivity contribution in [1.29, 1.82) is 0 Å². The zero-order chi connectivity index (χ0) is 3.58. The summed E-state index contributed by atoms with van der Waals surface area (Å²) in [4.78, 5) is 14.3. The van der Waals surface area contributed by atoms with Gasteiger partial charge in [0, 0.05) is 16.5 Å². The molecule has 0 aromatic carbocycles. The molecule has 0 fully saturated rings. The third-order valence-corrected chi connectivity index (χ3v) is 0. The van der Waals surface area contributed by atoms with E-state index in [0.29, 0.717) is 0 Å². The Labute approximate surface area is 104 Å². The molecule has 0 saturated heterocycles. The van der Waals surface area contributed by atoms with Crippen LogP contribution in [0.15, 0.2) is 0 Å². The molecule has 0 amide bonds. The maximum Gasteiger partial charge on any atom is 0.316 e. The Morgan fingerprint density at radius 1 is 1.25 bits per heavy atom. The van der Waals surface area contributed by atoms with Crippen molar-refractivity contribution in [2.24, 2.45) is 0 Å². The Hall–Kier alpha value is 2.63. The third kappa shape index (κ3) is 72.6. The molecule has 4 nitrogen and oxygen atoms in total. The van der Waals surface area contributed by atoms with Crippen molar-refractivity contribution >= 4 is 69.0 Å². The summed E-state index contributed by atoms with van der Waals surface area (Å²) in [6, 6.07) is 0. The van der Waals surface area contributed by atoms with E-state index in [1.54, 1.807) is 0 Å². The summed E-state index contributed by atoms with van der Waals surface area (Å²) >= 11 is 0. The van der Waals surface area contributed by atoms with Gasteiger partial charge in [0.15, 0.2) is 0 Å². The summed E-state index contributed by atoms with van der Waals surface area (Å²) in [6.45, 7) is 0. The van der Waals surface area contributed by atoms with Crippen LogP contribution >= 0.6 is 8.25 Å². The molecule has 0 aliphatic heterocycles. The SMILES string of the molecule is O.O=[PH](O)O.[CaH2].[MgH2].[Ni]. The van der Waals surface area contributed by atoms with Crippen molar-refractivity contribution in [2.45, 2.75) is 0 Å². The Morgan fingerprint density at radius 3 is 1.25 bits per heavy atom. The van der Waals surface area contributed by atoms with E-state index in [0.717, 1.165) is 0 Å². The summed E-state index contributed by atoms with van der Waals surface area (Å²) < 4.78 is 8.74. The molecule has 0 heterocycles. The van der Waals surface area contributed by atoms with Gasteiger partial charge in [0.05, 0.1) is 0 Å². The predicted octanol–water partition coefficient (Wildman–Crippen LogP) is -3.30. The van der Waals surface area contributed by atoms with Crippen LogP contribution in [-0.4, -0.2) is 76.1 Å². The van der Waals surface area contributed by atoms with Gasteiger partial charge >= 0.3 is 69.0 Å². The van der Waals surface area contributed by atoms with Gasteiger partial charge in [-0.2, -0.15) is 0 Å². The molecule has 0 atom stereocenters. The van der Waals surface area contributed by atoms with Crippen molar-refractivity contribution in [1.82, 2.24) is 0 Å². The van der Waals surface area contributed by atoms with Gasteiger partial charge in [0.25, 0.3) is 0 Å². The van der Waals surface area contributed by atoms with Crippen molar-refractivity contribution in [2.75, 3.05) is 0 Å². The van der Waals surface area contributed by atoms with Crippen LogP contribution in [0.2, 0.25) is 0 Å². The van der Waals surface area contributed by atoms with E-state index >= 15 is 0 Å². The van der Waals surface area contributed by atoms with Crippen molar-refractivity contribution in [3.63, 3.8) is 0 Å². The summed E-state index contributed by atoms with van der Waals surface area (Å²) in [6.07, 6.45) is 0. The van der Waals surface area contributed by atoms with Gasteiger partial charge < -0.3 is 15.3 Å². The molecule has 0 aromatic heterocycles. The molecule has 8 heteroatoms. The Balaban J connectivity index is -0.00000000750. The van der Waals surface area contributed by atoms with Gasteiger partial charge in [-0.15, -0.1) is 0 Å². The van der Waals surface area contributed by atoms with E-state index in [1.807, 2.05) is 0 Å². The zero-order valence-electron chi connectivity index (χ0n) is 2.62. The largest absolute Gasteiger partial charge is 0.316 e. The van der Waals surface area contributed by atoms with Crippen LogP contribution in [0.25, 0.3) is 0 Å². The van der Waals surface area contributed by atoms with Crippen LogP contribution in [0.1, 0.15) is 0 Å². The molecule has 0 spiro atoms. The fraction of sp³-hybridized carbons (Fsp3) is 0. The molecule has 0 radical (unpaired) electrons. The Bertz CT molecular complexity index is 39.0. The van der Waals surface area contributed by atoms with Gasteiger partial charge in [-0.05, 0) is 0 Å². The van der Waals surface area contributed by atoms with E-state index in [9.17, 15) is 0 Å².